The third-order valence-electron chi connectivity index (χ3n) is 15.0. The first kappa shape index (κ1) is 38.5. The summed E-state index contributed by atoms with van der Waals surface area (Å²) in [5.41, 5.74) is 16.1. The first-order valence-electron chi connectivity index (χ1n) is 23.7. The second-order valence-corrected chi connectivity index (χ2v) is 18.4. The molecule has 2 nitrogen and oxygen atoms in total. The summed E-state index contributed by atoms with van der Waals surface area (Å²) >= 11 is 0. The summed E-state index contributed by atoms with van der Waals surface area (Å²) in [5.74, 6) is 0. The van der Waals surface area contributed by atoms with Gasteiger partial charge in [0.05, 0.1) is 33.6 Å². The highest BCUT2D eigenvalue weighted by Gasteiger charge is 2.48. The van der Waals surface area contributed by atoms with Crippen molar-refractivity contribution in [3.05, 3.63) is 311 Å². The Morgan fingerprint density at radius 3 is 0.691 bits per heavy atom. The van der Waals surface area contributed by atoms with Crippen molar-refractivity contribution in [1.82, 2.24) is 0 Å². The molecule has 12 aromatic carbocycles. The van der Waals surface area contributed by atoms with Crippen molar-refractivity contribution < 1.29 is 0 Å². The Balaban J connectivity index is 0.946. The maximum absolute atomic E-state index is 2.50. The van der Waals surface area contributed by atoms with Gasteiger partial charge < -0.3 is 9.80 Å². The van der Waals surface area contributed by atoms with E-state index in [-0.39, 0.29) is 0 Å². The van der Waals surface area contributed by atoms with Crippen LogP contribution in [0, 0.1) is 0 Å². The quantitative estimate of drug-likeness (QED) is 0.154. The maximum Gasteiger partial charge on any atom is 0.0742 e. The van der Waals surface area contributed by atoms with Crippen LogP contribution in [-0.2, 0) is 10.8 Å². The lowest BCUT2D eigenvalue weighted by Crippen LogP contribution is -2.37. The van der Waals surface area contributed by atoms with Gasteiger partial charge in [0.1, 0.15) is 0 Å². The zero-order valence-corrected chi connectivity index (χ0v) is 37.3. The summed E-state index contributed by atoms with van der Waals surface area (Å²) < 4.78 is 0. The van der Waals surface area contributed by atoms with Crippen molar-refractivity contribution >= 4 is 66.4 Å². The highest BCUT2D eigenvalue weighted by molar-refractivity contribution is 6.25. The molecule has 0 aliphatic carbocycles. The van der Waals surface area contributed by atoms with Gasteiger partial charge in [0.2, 0.25) is 0 Å². The molecule has 0 saturated heterocycles. The molecule has 318 valence electrons. The molecule has 0 radical (unpaired) electrons. The summed E-state index contributed by atoms with van der Waals surface area (Å²) in [6.45, 7) is 0. The Labute approximate surface area is 396 Å². The summed E-state index contributed by atoms with van der Waals surface area (Å²) in [6.07, 6.45) is 0. The normalized spacial score (nSPS) is 14.4. The fourth-order valence-electron chi connectivity index (χ4n) is 12.4. The van der Waals surface area contributed by atoms with Gasteiger partial charge in [-0.05, 0) is 125 Å². The van der Waals surface area contributed by atoms with E-state index < -0.39 is 10.8 Å². The Hall–Kier alpha value is -8.72. The molecule has 2 heterocycles. The molecule has 0 N–H and O–H groups in total. The van der Waals surface area contributed by atoms with Crippen molar-refractivity contribution in [3.8, 4) is 0 Å². The van der Waals surface area contributed by atoms with Gasteiger partial charge in [-0.15, -0.1) is 0 Å². The second-order valence-electron chi connectivity index (χ2n) is 18.4. The van der Waals surface area contributed by atoms with E-state index in [1.54, 1.807) is 0 Å². The minimum atomic E-state index is -0.514. The highest BCUT2D eigenvalue weighted by Crippen LogP contribution is 2.60. The summed E-state index contributed by atoms with van der Waals surface area (Å²) in [7, 11) is 0. The van der Waals surface area contributed by atoms with Gasteiger partial charge >= 0.3 is 0 Å². The number of rotatable bonds is 6. The smallest absolute Gasteiger partial charge is 0.0742 e. The van der Waals surface area contributed by atoms with Gasteiger partial charge in [-0.3, -0.25) is 0 Å². The monoisotopic (exact) mass is 864 g/mol. The fourth-order valence-corrected chi connectivity index (χ4v) is 12.4. The van der Waals surface area contributed by atoms with Gasteiger partial charge in [-0.2, -0.15) is 0 Å². The first-order chi connectivity index (χ1) is 33.7. The molecular weight excluding hydrogens is 821 g/mol. The topological polar surface area (TPSA) is 6.48 Å². The van der Waals surface area contributed by atoms with Crippen LogP contribution >= 0.6 is 0 Å². The van der Waals surface area contributed by atoms with Crippen LogP contribution in [0.2, 0.25) is 0 Å². The predicted octanol–water partition coefficient (Wildman–Crippen LogP) is 16.9. The molecule has 0 fully saturated rings. The van der Waals surface area contributed by atoms with Crippen LogP contribution in [0.5, 0.6) is 0 Å². The number of para-hydroxylation sites is 4. The molecule has 14 rings (SSSR count). The van der Waals surface area contributed by atoms with E-state index in [1.165, 1.54) is 99.6 Å². The number of hydrogen-bond acceptors (Lipinski definition) is 2. The van der Waals surface area contributed by atoms with Crippen LogP contribution in [0.1, 0.15) is 44.5 Å². The molecule has 2 aliphatic rings. The average Bonchev–Trinajstić information content (AvgIpc) is 3.41. The summed E-state index contributed by atoms with van der Waals surface area (Å²) in [4.78, 5) is 5.00. The van der Waals surface area contributed by atoms with Crippen molar-refractivity contribution in [2.75, 3.05) is 9.80 Å². The van der Waals surface area contributed by atoms with Crippen LogP contribution in [-0.4, -0.2) is 0 Å². The second kappa shape index (κ2) is 14.9. The third kappa shape index (κ3) is 5.29. The molecular formula is C66H44N2. The van der Waals surface area contributed by atoms with E-state index in [9.17, 15) is 0 Å². The van der Waals surface area contributed by atoms with Crippen LogP contribution in [0.3, 0.4) is 0 Å². The molecule has 2 aliphatic heterocycles. The van der Waals surface area contributed by atoms with Gasteiger partial charge in [-0.25, -0.2) is 0 Å². The van der Waals surface area contributed by atoms with Crippen molar-refractivity contribution in [3.63, 3.8) is 0 Å². The Morgan fingerprint density at radius 1 is 0.221 bits per heavy atom. The zero-order valence-electron chi connectivity index (χ0n) is 37.3. The van der Waals surface area contributed by atoms with E-state index in [1.807, 2.05) is 0 Å². The van der Waals surface area contributed by atoms with Crippen molar-refractivity contribution in [2.45, 2.75) is 10.8 Å². The molecule has 0 atom stereocenters. The molecule has 0 saturated carbocycles. The van der Waals surface area contributed by atoms with Gasteiger partial charge in [0, 0.05) is 11.4 Å². The van der Waals surface area contributed by atoms with Crippen LogP contribution < -0.4 is 9.80 Å². The van der Waals surface area contributed by atoms with Gasteiger partial charge in [-0.1, -0.05) is 218 Å². The lowest BCUT2D eigenvalue weighted by molar-refractivity contribution is 0.731. The number of anilines is 6. The van der Waals surface area contributed by atoms with Crippen LogP contribution in [0.25, 0.3) is 32.3 Å². The summed E-state index contributed by atoms with van der Waals surface area (Å²) in [5, 5.41) is 7.50. The van der Waals surface area contributed by atoms with Crippen LogP contribution in [0.4, 0.5) is 34.1 Å². The SMILES string of the molecule is c1ccc(C2(c3ccccc3)c3ccccc3N(c3cc4ccc5cc(N6c7ccccc7C(c7ccccc7)(c7ccccc7)c7ccccc76)cc6ccc(c3)c4c56)c3ccccc32)cc1. The lowest BCUT2D eigenvalue weighted by atomic mass is 9.62. The molecule has 68 heavy (non-hydrogen) atoms. The average molecular weight is 865 g/mol. The number of benzene rings is 12. The predicted molar refractivity (Wildman–Crippen MR) is 283 cm³/mol. The molecule has 2 heteroatoms. The molecule has 12 aromatic rings. The molecule has 0 aromatic heterocycles. The Morgan fingerprint density at radius 2 is 0.441 bits per heavy atom. The van der Waals surface area contributed by atoms with E-state index in [0.29, 0.717) is 0 Å². The largest absolute Gasteiger partial charge is 0.310 e. The standard InChI is InChI=1S/C66H44N2/c1-5-21-49(22-6-1)65(50-23-7-2-8-24-50)55-29-13-17-33-59(55)67(60-34-18-14-30-56(60)65)53-41-45-37-39-47-43-54(44-48-40-38-46(42-53)63(45)64(47)48)68-61-35-19-15-31-57(61)66(51-25-9-3-10-26-51,52-27-11-4-12-28-52)58-32-16-20-36-62(58)68/h1-44H. The van der Waals surface area contributed by atoms with Gasteiger partial charge in [0.25, 0.3) is 0 Å². The minimum absolute atomic E-state index is 0.514. The third-order valence-corrected chi connectivity index (χ3v) is 15.0. The van der Waals surface area contributed by atoms with Crippen molar-refractivity contribution in [2.24, 2.45) is 0 Å². The molecule has 0 bridgehead atoms. The van der Waals surface area contributed by atoms with E-state index in [2.05, 4.69) is 277 Å². The van der Waals surface area contributed by atoms with E-state index in [0.717, 1.165) is 11.4 Å². The van der Waals surface area contributed by atoms with Crippen LogP contribution in [0.15, 0.2) is 267 Å². The fraction of sp³-hybridized carbons (Fsp3) is 0.0303. The number of fused-ring (bicyclic) bond motifs is 4. The number of nitrogens with zero attached hydrogens (tertiary/aromatic N) is 2. The zero-order chi connectivity index (χ0) is 44.8. The molecule has 0 amide bonds. The van der Waals surface area contributed by atoms with E-state index in [4.69, 9.17) is 0 Å². The first-order valence-corrected chi connectivity index (χ1v) is 23.7. The van der Waals surface area contributed by atoms with E-state index >= 15 is 0 Å². The lowest BCUT2D eigenvalue weighted by Gasteiger charge is -2.46. The van der Waals surface area contributed by atoms with Crippen molar-refractivity contribution in [1.29, 1.82) is 0 Å². The minimum Gasteiger partial charge on any atom is -0.310 e. The number of hydrogen-bond donors (Lipinski definition) is 0. The molecule has 0 spiro atoms. The Bertz CT molecular complexity index is 3360. The summed E-state index contributed by atoms with van der Waals surface area (Å²) in [6, 6.07) is 99.3. The maximum atomic E-state index is 2.50. The Kier molecular flexibility index (Phi) is 8.45. The molecule has 0 unspecified atom stereocenters. The van der Waals surface area contributed by atoms with Gasteiger partial charge in [0.15, 0.2) is 0 Å². The highest BCUT2D eigenvalue weighted by atomic mass is 15.2.